The zero-order valence-electron chi connectivity index (χ0n) is 7.17. The van der Waals surface area contributed by atoms with E-state index in [-0.39, 0.29) is 23.5 Å². The molecular weight excluding hydrogens is 190 g/mol. The third kappa shape index (κ3) is 1.63. The van der Waals surface area contributed by atoms with Crippen molar-refractivity contribution in [2.75, 3.05) is 5.73 Å². The molecule has 0 aliphatic carbocycles. The van der Waals surface area contributed by atoms with Crippen LogP contribution in [0.2, 0.25) is 0 Å². The van der Waals surface area contributed by atoms with Crippen LogP contribution in [0, 0.1) is 11.3 Å². The number of hydrogen-bond acceptors (Lipinski definition) is 4. The highest BCUT2D eigenvalue weighted by molar-refractivity contribution is 5.55. The summed E-state index contributed by atoms with van der Waals surface area (Å²) in [5.41, 5.74) is 9.96. The first-order valence-corrected chi connectivity index (χ1v) is 3.77. The summed E-state index contributed by atoms with van der Waals surface area (Å²) in [6.07, 6.45) is -1.61. The molecule has 0 bridgehead atoms. The average Bonchev–Trinajstić information content (AvgIpc) is 2.17. The second kappa shape index (κ2) is 3.98. The lowest BCUT2D eigenvalue weighted by Crippen LogP contribution is -2.08. The Balaban J connectivity index is 3.46. The summed E-state index contributed by atoms with van der Waals surface area (Å²) in [4.78, 5) is 3.61. The lowest BCUT2D eigenvalue weighted by atomic mass is 10.0. The van der Waals surface area contributed by atoms with Gasteiger partial charge in [0, 0.05) is 18.3 Å². The van der Waals surface area contributed by atoms with Gasteiger partial charge in [0.25, 0.3) is 6.43 Å². The van der Waals surface area contributed by atoms with Gasteiger partial charge >= 0.3 is 0 Å². The van der Waals surface area contributed by atoms with E-state index >= 15 is 0 Å². The van der Waals surface area contributed by atoms with E-state index in [1.165, 1.54) is 0 Å². The van der Waals surface area contributed by atoms with Crippen LogP contribution >= 0.6 is 0 Å². The first-order chi connectivity index (χ1) is 6.61. The number of aromatic nitrogens is 1. The molecular formula is C8H8F2N4. The van der Waals surface area contributed by atoms with Crippen LogP contribution in [0.15, 0.2) is 6.20 Å². The molecule has 1 rings (SSSR count). The fraction of sp³-hybridized carbons (Fsp3) is 0.250. The van der Waals surface area contributed by atoms with E-state index in [9.17, 15) is 8.78 Å². The van der Waals surface area contributed by atoms with Crippen LogP contribution in [0.3, 0.4) is 0 Å². The van der Waals surface area contributed by atoms with Crippen molar-refractivity contribution >= 4 is 5.82 Å². The SMILES string of the molecule is N#Cc1c(N)ncc(CN)c1C(F)F. The van der Waals surface area contributed by atoms with Crippen LogP contribution in [0.5, 0.6) is 0 Å². The number of nitrogens with zero attached hydrogens (tertiary/aromatic N) is 2. The van der Waals surface area contributed by atoms with E-state index in [4.69, 9.17) is 16.7 Å². The molecule has 1 heterocycles. The van der Waals surface area contributed by atoms with Gasteiger partial charge in [-0.25, -0.2) is 13.8 Å². The van der Waals surface area contributed by atoms with Crippen molar-refractivity contribution in [3.8, 4) is 6.07 Å². The summed E-state index contributed by atoms with van der Waals surface area (Å²) in [5.74, 6) is -0.194. The molecule has 0 atom stereocenters. The number of halogens is 2. The number of nitrogen functional groups attached to an aromatic ring is 1. The van der Waals surface area contributed by atoms with Crippen molar-refractivity contribution in [2.45, 2.75) is 13.0 Å². The Kier molecular flexibility index (Phi) is 2.94. The molecule has 1 aromatic rings. The third-order valence-electron chi connectivity index (χ3n) is 1.78. The predicted molar refractivity (Wildman–Crippen MR) is 46.2 cm³/mol. The second-order valence-corrected chi connectivity index (χ2v) is 2.57. The Morgan fingerprint density at radius 3 is 2.64 bits per heavy atom. The van der Waals surface area contributed by atoms with Gasteiger partial charge in [0.2, 0.25) is 0 Å². The van der Waals surface area contributed by atoms with Crippen molar-refractivity contribution < 1.29 is 8.78 Å². The molecule has 6 heteroatoms. The number of anilines is 1. The Labute approximate surface area is 79.1 Å². The van der Waals surface area contributed by atoms with Crippen molar-refractivity contribution in [3.05, 3.63) is 22.9 Å². The van der Waals surface area contributed by atoms with Gasteiger partial charge in [-0.05, 0) is 5.56 Å². The highest BCUT2D eigenvalue weighted by atomic mass is 19.3. The van der Waals surface area contributed by atoms with Crippen molar-refractivity contribution in [1.29, 1.82) is 5.26 Å². The molecule has 0 spiro atoms. The van der Waals surface area contributed by atoms with Crippen LogP contribution in [-0.2, 0) is 6.54 Å². The second-order valence-electron chi connectivity index (χ2n) is 2.57. The zero-order valence-corrected chi connectivity index (χ0v) is 7.17. The number of alkyl halides is 2. The smallest absolute Gasteiger partial charge is 0.265 e. The Bertz CT molecular complexity index is 384. The van der Waals surface area contributed by atoms with Crippen LogP contribution in [0.1, 0.15) is 23.1 Å². The minimum Gasteiger partial charge on any atom is -0.383 e. The van der Waals surface area contributed by atoms with Gasteiger partial charge in [-0.1, -0.05) is 0 Å². The molecule has 0 radical (unpaired) electrons. The van der Waals surface area contributed by atoms with Crippen molar-refractivity contribution in [2.24, 2.45) is 5.73 Å². The predicted octanol–water partition coefficient (Wildman–Crippen LogP) is 0.932. The highest BCUT2D eigenvalue weighted by Gasteiger charge is 2.20. The normalized spacial score (nSPS) is 10.2. The molecule has 0 fully saturated rings. The standard InChI is InChI=1S/C8H8F2N4/c9-7(10)6-4(1-11)3-14-8(13)5(6)2-12/h3,7H,1,11H2,(H2,13,14). The molecule has 1 aromatic heterocycles. The van der Waals surface area contributed by atoms with Crippen molar-refractivity contribution in [1.82, 2.24) is 4.98 Å². The lowest BCUT2D eigenvalue weighted by Gasteiger charge is -2.09. The first-order valence-electron chi connectivity index (χ1n) is 3.77. The fourth-order valence-corrected chi connectivity index (χ4v) is 1.11. The maximum Gasteiger partial charge on any atom is 0.265 e. The highest BCUT2D eigenvalue weighted by Crippen LogP contribution is 2.28. The van der Waals surface area contributed by atoms with Crippen LogP contribution < -0.4 is 11.5 Å². The van der Waals surface area contributed by atoms with Gasteiger partial charge in [0.1, 0.15) is 17.5 Å². The molecule has 0 aliphatic heterocycles. The summed E-state index contributed by atoms with van der Waals surface area (Å²) in [7, 11) is 0. The summed E-state index contributed by atoms with van der Waals surface area (Å²) in [6.45, 7) is -0.0956. The summed E-state index contributed by atoms with van der Waals surface area (Å²) >= 11 is 0. The first kappa shape index (κ1) is 10.3. The van der Waals surface area contributed by atoms with Crippen molar-refractivity contribution in [3.63, 3.8) is 0 Å². The zero-order chi connectivity index (χ0) is 10.7. The molecule has 0 saturated heterocycles. The molecule has 0 aromatic carbocycles. The van der Waals surface area contributed by atoms with Crippen LogP contribution in [-0.4, -0.2) is 4.98 Å². The van der Waals surface area contributed by atoms with Gasteiger partial charge in [-0.3, -0.25) is 0 Å². The van der Waals surface area contributed by atoms with Crippen LogP contribution in [0.25, 0.3) is 0 Å². The lowest BCUT2D eigenvalue weighted by molar-refractivity contribution is 0.150. The van der Waals surface area contributed by atoms with E-state index in [1.54, 1.807) is 6.07 Å². The summed E-state index contributed by atoms with van der Waals surface area (Å²) < 4.78 is 25.1. The van der Waals surface area contributed by atoms with Gasteiger partial charge in [0.05, 0.1) is 0 Å². The number of nitrogens with two attached hydrogens (primary N) is 2. The molecule has 0 aliphatic rings. The molecule has 74 valence electrons. The molecule has 0 unspecified atom stereocenters. The fourth-order valence-electron chi connectivity index (χ4n) is 1.11. The monoisotopic (exact) mass is 198 g/mol. The summed E-state index contributed by atoms with van der Waals surface area (Å²) in [5, 5.41) is 8.62. The van der Waals surface area contributed by atoms with Gasteiger partial charge in [0.15, 0.2) is 0 Å². The maximum atomic E-state index is 12.6. The number of pyridine rings is 1. The molecule has 0 amide bonds. The van der Waals surface area contributed by atoms with Gasteiger partial charge < -0.3 is 11.5 Å². The Morgan fingerprint density at radius 1 is 1.57 bits per heavy atom. The minimum absolute atomic E-state index is 0.0956. The maximum absolute atomic E-state index is 12.6. The number of nitriles is 1. The molecule has 0 saturated carbocycles. The van der Waals surface area contributed by atoms with Crippen LogP contribution in [0.4, 0.5) is 14.6 Å². The quantitative estimate of drug-likeness (QED) is 0.739. The number of hydrogen-bond donors (Lipinski definition) is 2. The third-order valence-corrected chi connectivity index (χ3v) is 1.78. The Hall–Kier alpha value is -1.74. The Morgan fingerprint density at radius 2 is 2.21 bits per heavy atom. The van der Waals surface area contributed by atoms with E-state index in [0.29, 0.717) is 0 Å². The van der Waals surface area contributed by atoms with E-state index in [0.717, 1.165) is 6.20 Å². The molecule has 14 heavy (non-hydrogen) atoms. The average molecular weight is 198 g/mol. The summed E-state index contributed by atoms with van der Waals surface area (Å²) in [6, 6.07) is 1.60. The van der Waals surface area contributed by atoms with Gasteiger partial charge in [-0.2, -0.15) is 5.26 Å². The van der Waals surface area contributed by atoms with E-state index in [1.807, 2.05) is 0 Å². The molecule has 4 N–H and O–H groups in total. The largest absolute Gasteiger partial charge is 0.383 e. The minimum atomic E-state index is -2.77. The topological polar surface area (TPSA) is 88.7 Å². The number of rotatable bonds is 2. The van der Waals surface area contributed by atoms with Gasteiger partial charge in [-0.15, -0.1) is 0 Å². The van der Waals surface area contributed by atoms with E-state index in [2.05, 4.69) is 4.98 Å². The molecule has 4 nitrogen and oxygen atoms in total. The van der Waals surface area contributed by atoms with E-state index < -0.39 is 12.0 Å².